The lowest BCUT2D eigenvalue weighted by Gasteiger charge is -2.22. The Morgan fingerprint density at radius 1 is 1.26 bits per heavy atom. The third-order valence-corrected chi connectivity index (χ3v) is 4.38. The van der Waals surface area contributed by atoms with Crippen LogP contribution in [0.5, 0.6) is 0 Å². The maximum absolute atomic E-state index is 13.7. The van der Waals surface area contributed by atoms with Gasteiger partial charge in [0, 0.05) is 18.0 Å². The molecule has 1 atom stereocenters. The maximum Gasteiger partial charge on any atom is 0.396 e. The van der Waals surface area contributed by atoms with E-state index in [1.165, 1.54) is 24.4 Å². The number of hydrogen-bond acceptors (Lipinski definition) is 3. The Hall–Kier alpha value is -2.87. The van der Waals surface area contributed by atoms with E-state index in [2.05, 4.69) is 9.97 Å². The summed E-state index contributed by atoms with van der Waals surface area (Å²) in [6, 6.07) is 8.73. The van der Waals surface area contributed by atoms with E-state index in [-0.39, 0.29) is 27.4 Å². The Bertz CT molecular complexity index is 1080. The lowest BCUT2D eigenvalue weighted by Crippen LogP contribution is -2.27. The Balaban J connectivity index is 2.39. The van der Waals surface area contributed by atoms with Gasteiger partial charge in [-0.15, -0.1) is 0 Å². The summed E-state index contributed by atoms with van der Waals surface area (Å²) >= 11 is 6.12. The fourth-order valence-corrected chi connectivity index (χ4v) is 3.10. The molecule has 0 fully saturated rings. The number of aromatic amines is 1. The number of nitrogens with one attached hydrogen (secondary N) is 1. The fraction of sp³-hybridized carbons (Fsp3) is 0.167. The van der Waals surface area contributed by atoms with E-state index in [9.17, 15) is 22.8 Å². The maximum atomic E-state index is 13.7. The number of halogens is 4. The van der Waals surface area contributed by atoms with Crippen molar-refractivity contribution in [1.82, 2.24) is 9.97 Å². The smallest absolute Gasteiger partial charge is 0.370 e. The first-order valence-electron chi connectivity index (χ1n) is 7.80. The summed E-state index contributed by atoms with van der Waals surface area (Å²) < 4.78 is 41.1. The summed E-state index contributed by atoms with van der Waals surface area (Å²) in [4.78, 5) is 30.1. The zero-order chi connectivity index (χ0) is 19.8. The van der Waals surface area contributed by atoms with Crippen LogP contribution in [0.2, 0.25) is 5.02 Å². The van der Waals surface area contributed by atoms with Crippen molar-refractivity contribution in [3.05, 3.63) is 63.5 Å². The molecule has 3 rings (SSSR count). The van der Waals surface area contributed by atoms with E-state index in [1.54, 1.807) is 18.2 Å². The van der Waals surface area contributed by atoms with Crippen molar-refractivity contribution in [1.29, 1.82) is 0 Å². The van der Waals surface area contributed by atoms with Gasteiger partial charge in [0.2, 0.25) is 5.91 Å². The highest BCUT2D eigenvalue weighted by Crippen LogP contribution is 2.42. The monoisotopic (exact) mass is 395 g/mol. The van der Waals surface area contributed by atoms with E-state index in [0.717, 1.165) is 0 Å². The van der Waals surface area contributed by atoms with Gasteiger partial charge in [0.1, 0.15) is 0 Å². The van der Waals surface area contributed by atoms with E-state index in [4.69, 9.17) is 17.3 Å². The van der Waals surface area contributed by atoms with Crippen molar-refractivity contribution in [2.75, 3.05) is 0 Å². The molecule has 1 aromatic carbocycles. The van der Waals surface area contributed by atoms with Crippen LogP contribution in [0.1, 0.15) is 17.9 Å². The van der Waals surface area contributed by atoms with E-state index in [1.807, 2.05) is 0 Å². The highest BCUT2D eigenvalue weighted by Gasteiger charge is 2.43. The number of benzene rings is 1. The zero-order valence-electron chi connectivity index (χ0n) is 13.7. The summed E-state index contributed by atoms with van der Waals surface area (Å²) in [5, 5.41) is 0.582. The number of carbonyl (C=O) groups excluding carboxylic acids is 1. The van der Waals surface area contributed by atoms with E-state index >= 15 is 0 Å². The molecule has 0 aliphatic carbocycles. The molecule has 3 aromatic rings. The third kappa shape index (κ3) is 3.80. The molecule has 2 heterocycles. The number of pyridine rings is 2. The number of alkyl halides is 3. The van der Waals surface area contributed by atoms with Crippen LogP contribution in [0, 0.1) is 0 Å². The summed E-state index contributed by atoms with van der Waals surface area (Å²) in [7, 11) is 0. The standard InChI is InChI=1S/C18H13ClF3N3O2/c19-13-5-1-3-9-7-11(12(8-14(23)26)18(20,21)22)16(25-15(9)13)10-4-2-6-24-17(10)27/h1-7,12H,8H2,(H2,23,26)(H,24,27)/t12-/m0/s1. The number of H-pyrrole nitrogens is 1. The zero-order valence-corrected chi connectivity index (χ0v) is 14.4. The van der Waals surface area contributed by atoms with Crippen molar-refractivity contribution in [2.45, 2.75) is 18.5 Å². The van der Waals surface area contributed by atoms with Gasteiger partial charge in [-0.2, -0.15) is 13.2 Å². The highest BCUT2D eigenvalue weighted by atomic mass is 35.5. The molecular formula is C18H13ClF3N3O2. The topological polar surface area (TPSA) is 88.8 Å². The highest BCUT2D eigenvalue weighted by molar-refractivity contribution is 6.35. The molecule has 1 amide bonds. The second-order valence-electron chi connectivity index (χ2n) is 5.92. The summed E-state index contributed by atoms with van der Waals surface area (Å²) in [5.74, 6) is -3.32. The average molecular weight is 396 g/mol. The first-order valence-corrected chi connectivity index (χ1v) is 8.18. The Labute approximate surface area is 156 Å². The second kappa shape index (κ2) is 7.03. The molecule has 0 aliphatic rings. The van der Waals surface area contributed by atoms with Gasteiger partial charge in [0.15, 0.2) is 0 Å². The predicted molar refractivity (Wildman–Crippen MR) is 95.4 cm³/mol. The van der Waals surface area contributed by atoms with Crippen LogP contribution >= 0.6 is 11.6 Å². The minimum Gasteiger partial charge on any atom is -0.370 e. The van der Waals surface area contributed by atoms with Gasteiger partial charge >= 0.3 is 6.18 Å². The van der Waals surface area contributed by atoms with Crippen molar-refractivity contribution in [3.63, 3.8) is 0 Å². The van der Waals surface area contributed by atoms with Crippen LogP contribution in [0.25, 0.3) is 22.2 Å². The van der Waals surface area contributed by atoms with Crippen LogP contribution in [0.15, 0.2) is 47.4 Å². The quantitative estimate of drug-likeness (QED) is 0.704. The molecule has 0 aliphatic heterocycles. The van der Waals surface area contributed by atoms with Crippen molar-refractivity contribution in [2.24, 2.45) is 5.73 Å². The second-order valence-corrected chi connectivity index (χ2v) is 6.32. The first kappa shape index (κ1) is 18.9. The van der Waals surface area contributed by atoms with Crippen molar-refractivity contribution >= 4 is 28.4 Å². The van der Waals surface area contributed by atoms with Crippen molar-refractivity contribution in [3.8, 4) is 11.3 Å². The van der Waals surface area contributed by atoms with Crippen LogP contribution in [-0.4, -0.2) is 22.1 Å². The van der Waals surface area contributed by atoms with Crippen molar-refractivity contribution < 1.29 is 18.0 Å². The van der Waals surface area contributed by atoms with Crippen LogP contribution in [0.3, 0.4) is 0 Å². The van der Waals surface area contributed by atoms with Gasteiger partial charge < -0.3 is 10.7 Å². The molecule has 27 heavy (non-hydrogen) atoms. The molecule has 9 heteroatoms. The SMILES string of the molecule is NC(=O)C[C@@H](c1cc2cccc(Cl)c2nc1-c1ccc[nH]c1=O)C(F)(F)F. The van der Waals surface area contributed by atoms with Crippen LogP contribution in [-0.2, 0) is 4.79 Å². The van der Waals surface area contributed by atoms with Gasteiger partial charge in [-0.05, 0) is 29.8 Å². The van der Waals surface area contributed by atoms with Crippen LogP contribution < -0.4 is 11.3 Å². The molecule has 0 saturated heterocycles. The Kier molecular flexibility index (Phi) is 4.93. The molecule has 3 N–H and O–H groups in total. The number of aromatic nitrogens is 2. The molecule has 0 unspecified atom stereocenters. The number of fused-ring (bicyclic) bond motifs is 1. The molecule has 0 spiro atoms. The van der Waals surface area contributed by atoms with E-state index < -0.39 is 30.0 Å². The number of rotatable bonds is 4. The molecule has 2 aromatic heterocycles. The van der Waals surface area contributed by atoms with Gasteiger partial charge in [-0.25, -0.2) is 4.98 Å². The molecule has 0 bridgehead atoms. The molecule has 0 saturated carbocycles. The summed E-state index contributed by atoms with van der Waals surface area (Å²) in [5.41, 5.74) is 4.10. The lowest BCUT2D eigenvalue weighted by atomic mass is 9.90. The first-order chi connectivity index (χ1) is 12.7. The number of amides is 1. The Morgan fingerprint density at radius 2 is 2.00 bits per heavy atom. The average Bonchev–Trinajstić information content (AvgIpc) is 2.59. The minimum absolute atomic E-state index is 0.0620. The predicted octanol–water partition coefficient (Wildman–Crippen LogP) is 3.76. The van der Waals surface area contributed by atoms with Gasteiger partial charge in [0.05, 0.1) is 27.7 Å². The molecular weight excluding hydrogens is 383 g/mol. The van der Waals surface area contributed by atoms with Gasteiger partial charge in [-0.3, -0.25) is 9.59 Å². The number of hydrogen-bond donors (Lipinski definition) is 2. The number of nitrogens with two attached hydrogens (primary N) is 1. The minimum atomic E-state index is -4.76. The number of para-hydroxylation sites is 1. The summed E-state index contributed by atoms with van der Waals surface area (Å²) in [6.45, 7) is 0. The number of primary amides is 1. The fourth-order valence-electron chi connectivity index (χ4n) is 2.87. The lowest BCUT2D eigenvalue weighted by molar-refractivity contribution is -0.156. The molecule has 140 valence electrons. The summed E-state index contributed by atoms with van der Waals surface area (Å²) in [6.07, 6.45) is -4.38. The largest absolute Gasteiger partial charge is 0.396 e. The number of nitrogens with zero attached hydrogens (tertiary/aromatic N) is 1. The molecule has 5 nitrogen and oxygen atoms in total. The third-order valence-electron chi connectivity index (χ3n) is 4.08. The van der Waals surface area contributed by atoms with Gasteiger partial charge in [0.25, 0.3) is 5.56 Å². The Morgan fingerprint density at radius 3 is 2.63 bits per heavy atom. The normalized spacial score (nSPS) is 12.9. The van der Waals surface area contributed by atoms with E-state index in [0.29, 0.717) is 5.39 Å². The molecule has 0 radical (unpaired) electrons. The van der Waals surface area contributed by atoms with Crippen LogP contribution in [0.4, 0.5) is 13.2 Å². The number of carbonyl (C=O) groups is 1. The van der Waals surface area contributed by atoms with Gasteiger partial charge in [-0.1, -0.05) is 23.7 Å².